The molecule has 18 heteroatoms. The molecule has 1 unspecified atom stereocenters. The Morgan fingerprint density at radius 3 is 2.05 bits per heavy atom. The van der Waals surface area contributed by atoms with Gasteiger partial charge in [-0.2, -0.15) is 0 Å². The number of esters is 2. The first-order valence-corrected chi connectivity index (χ1v) is 23.2. The zero-order valence-electron chi connectivity index (χ0n) is 33.5. The van der Waals surface area contributed by atoms with Crippen molar-refractivity contribution in [2.75, 3.05) is 26.4 Å². The first-order valence-electron chi connectivity index (χ1n) is 20.1. The molecule has 7 N–H and O–H groups in total. The molecule has 0 aromatic heterocycles. The number of carbonyl (C=O) groups excluding carboxylic acids is 2. The van der Waals surface area contributed by atoms with E-state index in [9.17, 15) is 44.0 Å². The number of allylic oxidation sites excluding steroid dienone is 2. The minimum atomic E-state index is -4.89. The minimum absolute atomic E-state index is 0.0191. The molecule has 1 saturated carbocycles. The second-order valence-electron chi connectivity index (χ2n) is 15.0. The maximum Gasteiger partial charge on any atom is 0.472 e. The number of aliphatic hydroxyl groups is 4. The molecule has 0 spiro atoms. The standard InChI is InChI=1S/C38H70O16P2/c1-4-5-12-18-30(39)22-23-34-33(35(41)24-36(34)42)19-14-10-11-15-20-37(43)50-27-32(54-38(44)21-16-9-7-6-8-13-17-29(2)3)28-53-56(48,49)52-26-31(40)25-51-55(45,46)47/h10,14,22-23,29-36,39-42H,4-9,11-13,15-21,24-28H2,1-3H3,(H,48,49)(H2,45,46,47)/b14-10+,23-22+/t30-,31-,32+,33+,34+,35-,36+/m0/s1. The van der Waals surface area contributed by atoms with E-state index in [-0.39, 0.29) is 31.1 Å². The largest absolute Gasteiger partial charge is 0.472 e. The molecule has 0 heterocycles. The van der Waals surface area contributed by atoms with E-state index in [1.165, 1.54) is 6.42 Å². The van der Waals surface area contributed by atoms with Crippen molar-refractivity contribution in [3.8, 4) is 0 Å². The highest BCUT2D eigenvalue weighted by molar-refractivity contribution is 7.47. The van der Waals surface area contributed by atoms with Crippen LogP contribution in [-0.2, 0) is 41.8 Å². The Kier molecular flexibility index (Phi) is 27.8. The monoisotopic (exact) mass is 844 g/mol. The van der Waals surface area contributed by atoms with Crippen LogP contribution >= 0.6 is 15.6 Å². The Hall–Kier alpha value is -1.52. The Morgan fingerprint density at radius 2 is 1.38 bits per heavy atom. The van der Waals surface area contributed by atoms with Crippen LogP contribution in [0.4, 0.5) is 0 Å². The van der Waals surface area contributed by atoms with Crippen LogP contribution in [0, 0.1) is 17.8 Å². The SMILES string of the molecule is CCCCC[C@H](O)/C=C/[C@@H]1[C@@H](C/C=C/CCCC(=O)OC[C@H](COP(=O)(O)OC[C@@H](O)COP(=O)(O)O)OC(=O)CCCCCCCCC(C)C)[C@@H](O)C[C@H]1O. The van der Waals surface area contributed by atoms with Gasteiger partial charge in [-0.05, 0) is 43.9 Å². The lowest BCUT2D eigenvalue weighted by molar-refractivity contribution is -0.161. The molecule has 1 rings (SSSR count). The van der Waals surface area contributed by atoms with Crippen LogP contribution in [0.2, 0.25) is 0 Å². The van der Waals surface area contributed by atoms with Crippen LogP contribution in [0.1, 0.15) is 130 Å². The van der Waals surface area contributed by atoms with Gasteiger partial charge in [0.05, 0.1) is 38.1 Å². The highest BCUT2D eigenvalue weighted by Gasteiger charge is 2.39. The predicted molar refractivity (Wildman–Crippen MR) is 209 cm³/mol. The molecule has 0 bridgehead atoms. The van der Waals surface area contributed by atoms with Crippen LogP contribution in [0.5, 0.6) is 0 Å². The molecular formula is C38H70O16P2. The molecule has 8 atom stereocenters. The summed E-state index contributed by atoms with van der Waals surface area (Å²) in [6.45, 7) is 3.54. The number of phosphoric ester groups is 2. The molecular weight excluding hydrogens is 774 g/mol. The number of unbranched alkanes of at least 4 members (excludes halogenated alkanes) is 8. The van der Waals surface area contributed by atoms with Crippen LogP contribution in [-0.4, -0.2) is 104 Å². The fourth-order valence-corrected chi connectivity index (χ4v) is 7.33. The Morgan fingerprint density at radius 1 is 0.750 bits per heavy atom. The first kappa shape index (κ1) is 52.5. The van der Waals surface area contributed by atoms with Gasteiger partial charge in [-0.1, -0.05) is 103 Å². The van der Waals surface area contributed by atoms with E-state index in [1.54, 1.807) is 6.08 Å². The summed E-state index contributed by atoms with van der Waals surface area (Å²) in [4.78, 5) is 52.6. The quantitative estimate of drug-likeness (QED) is 0.0178. The van der Waals surface area contributed by atoms with E-state index in [1.807, 2.05) is 18.2 Å². The molecule has 0 aromatic carbocycles. The predicted octanol–water partition coefficient (Wildman–Crippen LogP) is 5.79. The molecule has 16 nitrogen and oxygen atoms in total. The van der Waals surface area contributed by atoms with Gasteiger partial charge in [-0.15, -0.1) is 0 Å². The van der Waals surface area contributed by atoms with Crippen LogP contribution in [0.3, 0.4) is 0 Å². The van der Waals surface area contributed by atoms with E-state index in [0.717, 1.165) is 51.4 Å². The molecule has 1 aliphatic rings. The zero-order chi connectivity index (χ0) is 42.0. The second-order valence-corrected chi connectivity index (χ2v) is 17.7. The fourth-order valence-electron chi connectivity index (χ4n) is 6.17. The van der Waals surface area contributed by atoms with Crippen molar-refractivity contribution >= 4 is 27.6 Å². The Bertz CT molecular complexity index is 1220. The second kappa shape index (κ2) is 29.7. The van der Waals surface area contributed by atoms with Crippen LogP contribution < -0.4 is 0 Å². The third kappa shape index (κ3) is 27.2. The highest BCUT2D eigenvalue weighted by atomic mass is 31.2. The summed E-state index contributed by atoms with van der Waals surface area (Å²) in [6.07, 6.45) is 14.7. The van der Waals surface area contributed by atoms with Crippen molar-refractivity contribution in [2.45, 2.75) is 160 Å². The van der Waals surface area contributed by atoms with Gasteiger partial charge in [-0.25, -0.2) is 9.13 Å². The summed E-state index contributed by atoms with van der Waals surface area (Å²) < 4.78 is 47.5. The van der Waals surface area contributed by atoms with Crippen molar-refractivity contribution in [3.63, 3.8) is 0 Å². The van der Waals surface area contributed by atoms with Gasteiger partial charge in [0, 0.05) is 25.2 Å². The minimum Gasteiger partial charge on any atom is -0.462 e. The third-order valence-electron chi connectivity index (χ3n) is 9.33. The fraction of sp³-hybridized carbons (Fsp3) is 0.842. The van der Waals surface area contributed by atoms with E-state index in [4.69, 9.17) is 23.8 Å². The van der Waals surface area contributed by atoms with Gasteiger partial charge in [0.25, 0.3) is 0 Å². The van der Waals surface area contributed by atoms with Crippen molar-refractivity contribution in [3.05, 3.63) is 24.3 Å². The number of hydrogen-bond acceptors (Lipinski definition) is 13. The number of rotatable bonds is 33. The third-order valence-corrected chi connectivity index (χ3v) is 10.8. The number of hydrogen-bond donors (Lipinski definition) is 7. The van der Waals surface area contributed by atoms with Crippen molar-refractivity contribution in [1.82, 2.24) is 0 Å². The summed E-state index contributed by atoms with van der Waals surface area (Å²) in [5.41, 5.74) is 0. The highest BCUT2D eigenvalue weighted by Crippen LogP contribution is 2.44. The molecule has 1 fully saturated rings. The van der Waals surface area contributed by atoms with Gasteiger partial charge in [0.2, 0.25) is 0 Å². The molecule has 0 aromatic rings. The summed E-state index contributed by atoms with van der Waals surface area (Å²) in [6, 6.07) is 0. The topological polar surface area (TPSA) is 256 Å². The van der Waals surface area contributed by atoms with Crippen LogP contribution in [0.15, 0.2) is 24.3 Å². The van der Waals surface area contributed by atoms with Gasteiger partial charge in [-0.3, -0.25) is 23.2 Å². The Balaban J connectivity index is 2.61. The summed E-state index contributed by atoms with van der Waals surface area (Å²) in [5.74, 6) is -1.04. The molecule has 328 valence electrons. The van der Waals surface area contributed by atoms with Gasteiger partial charge in [0.15, 0.2) is 6.10 Å². The lowest BCUT2D eigenvalue weighted by Gasteiger charge is -2.20. The van der Waals surface area contributed by atoms with E-state index in [2.05, 4.69) is 29.8 Å². The average molecular weight is 845 g/mol. The van der Waals surface area contributed by atoms with Crippen molar-refractivity contribution < 1.29 is 76.9 Å². The lowest BCUT2D eigenvalue weighted by Crippen LogP contribution is -2.30. The molecule has 0 aliphatic heterocycles. The number of aliphatic hydroxyl groups excluding tert-OH is 4. The summed E-state index contributed by atoms with van der Waals surface area (Å²) in [7, 11) is -9.74. The molecule has 56 heavy (non-hydrogen) atoms. The first-order chi connectivity index (χ1) is 26.4. The van der Waals surface area contributed by atoms with Crippen molar-refractivity contribution in [1.29, 1.82) is 0 Å². The van der Waals surface area contributed by atoms with Gasteiger partial charge in [0.1, 0.15) is 12.7 Å². The number of ether oxygens (including phenoxy) is 2. The zero-order valence-corrected chi connectivity index (χ0v) is 35.3. The summed E-state index contributed by atoms with van der Waals surface area (Å²) in [5, 5.41) is 41.0. The van der Waals surface area contributed by atoms with E-state index < -0.39 is 84.5 Å². The van der Waals surface area contributed by atoms with Crippen molar-refractivity contribution in [2.24, 2.45) is 17.8 Å². The maximum absolute atomic E-state index is 12.6. The van der Waals surface area contributed by atoms with E-state index >= 15 is 0 Å². The molecule has 0 radical (unpaired) electrons. The number of phosphoric acid groups is 2. The maximum atomic E-state index is 12.6. The number of carbonyl (C=O) groups is 2. The molecule has 0 saturated heterocycles. The normalized spacial score (nSPS) is 21.8. The van der Waals surface area contributed by atoms with Gasteiger partial charge < -0.3 is 44.6 Å². The average Bonchev–Trinajstić information content (AvgIpc) is 3.39. The molecule has 1 aliphatic carbocycles. The lowest BCUT2D eigenvalue weighted by atomic mass is 9.89. The smallest absolute Gasteiger partial charge is 0.462 e. The Labute approximate surface area is 332 Å². The van der Waals surface area contributed by atoms with E-state index in [0.29, 0.717) is 38.0 Å². The summed E-state index contributed by atoms with van der Waals surface area (Å²) >= 11 is 0. The van der Waals surface area contributed by atoms with Crippen LogP contribution in [0.25, 0.3) is 0 Å². The van der Waals surface area contributed by atoms with Gasteiger partial charge >= 0.3 is 27.6 Å². The molecule has 0 amide bonds.